The van der Waals surface area contributed by atoms with Crippen LogP contribution in [0.1, 0.15) is 41.5 Å². The number of carbonyl (C=O) groups excluding carboxylic acids is 1. The molecular formula is C19H20ClN3O2. The number of amides is 1. The molecule has 2 N–H and O–H groups in total. The van der Waals surface area contributed by atoms with Crippen molar-refractivity contribution in [2.24, 2.45) is 0 Å². The van der Waals surface area contributed by atoms with E-state index in [0.29, 0.717) is 24.1 Å². The van der Waals surface area contributed by atoms with Crippen LogP contribution in [0.5, 0.6) is 5.75 Å². The first kappa shape index (κ1) is 16.4. The van der Waals surface area contributed by atoms with E-state index >= 15 is 0 Å². The molecule has 6 heteroatoms. The maximum atomic E-state index is 12.9. The maximum absolute atomic E-state index is 12.9. The fraction of sp³-hybridized carbons (Fsp3) is 0.368. The predicted octanol–water partition coefficient (Wildman–Crippen LogP) is 3.45. The molecule has 130 valence electrons. The minimum absolute atomic E-state index is 0.0325. The van der Waals surface area contributed by atoms with E-state index in [2.05, 4.69) is 15.6 Å². The van der Waals surface area contributed by atoms with Crippen LogP contribution in [0.3, 0.4) is 0 Å². The first-order valence-corrected chi connectivity index (χ1v) is 8.92. The van der Waals surface area contributed by atoms with Crippen molar-refractivity contribution in [3.05, 3.63) is 52.3 Å². The Bertz CT molecular complexity index is 824. The summed E-state index contributed by atoms with van der Waals surface area (Å²) in [5.41, 5.74) is 4.03. The van der Waals surface area contributed by atoms with Crippen molar-refractivity contribution in [3.63, 3.8) is 0 Å². The summed E-state index contributed by atoms with van der Waals surface area (Å²) in [6.07, 6.45) is 6.24. The van der Waals surface area contributed by atoms with Crippen LogP contribution in [-0.2, 0) is 11.2 Å². The first-order valence-electron chi connectivity index (χ1n) is 8.54. The van der Waals surface area contributed by atoms with Crippen molar-refractivity contribution < 1.29 is 9.53 Å². The molecule has 2 aromatic rings. The van der Waals surface area contributed by atoms with E-state index in [1.54, 1.807) is 12.3 Å². The van der Waals surface area contributed by atoms with Gasteiger partial charge in [-0.15, -0.1) is 0 Å². The third kappa shape index (κ3) is 2.98. The highest BCUT2D eigenvalue weighted by atomic mass is 35.5. The molecule has 1 aliphatic heterocycles. The van der Waals surface area contributed by atoms with Gasteiger partial charge in [0.05, 0.1) is 24.4 Å². The normalized spacial score (nSPS) is 21.2. The van der Waals surface area contributed by atoms with Crippen LogP contribution in [0.25, 0.3) is 0 Å². The van der Waals surface area contributed by atoms with E-state index in [-0.39, 0.29) is 11.8 Å². The van der Waals surface area contributed by atoms with Crippen molar-refractivity contribution in [1.82, 2.24) is 10.3 Å². The molecule has 0 saturated carbocycles. The lowest BCUT2D eigenvalue weighted by Gasteiger charge is -2.25. The van der Waals surface area contributed by atoms with E-state index in [9.17, 15) is 4.79 Å². The van der Waals surface area contributed by atoms with Crippen molar-refractivity contribution in [2.75, 3.05) is 19.0 Å². The molecule has 0 fully saturated rings. The van der Waals surface area contributed by atoms with E-state index in [1.165, 1.54) is 11.1 Å². The van der Waals surface area contributed by atoms with Gasteiger partial charge < -0.3 is 15.4 Å². The zero-order valence-corrected chi connectivity index (χ0v) is 14.8. The van der Waals surface area contributed by atoms with Crippen molar-refractivity contribution in [2.45, 2.75) is 31.2 Å². The van der Waals surface area contributed by atoms with Gasteiger partial charge in [-0.05, 0) is 55.6 Å². The molecule has 0 radical (unpaired) electrons. The quantitative estimate of drug-likeness (QED) is 0.883. The molecular weight excluding hydrogens is 338 g/mol. The summed E-state index contributed by atoms with van der Waals surface area (Å²) in [4.78, 5) is 17.2. The van der Waals surface area contributed by atoms with Gasteiger partial charge in [0.25, 0.3) is 0 Å². The number of pyridine rings is 1. The topological polar surface area (TPSA) is 63.2 Å². The summed E-state index contributed by atoms with van der Waals surface area (Å²) < 4.78 is 5.65. The molecule has 1 aromatic carbocycles. The number of halogens is 1. The Hall–Kier alpha value is -2.11. The molecule has 0 saturated heterocycles. The van der Waals surface area contributed by atoms with Crippen LogP contribution in [0.2, 0.25) is 5.02 Å². The Morgan fingerprint density at radius 2 is 2.16 bits per heavy atom. The van der Waals surface area contributed by atoms with Gasteiger partial charge in [-0.2, -0.15) is 0 Å². The number of benzene rings is 1. The summed E-state index contributed by atoms with van der Waals surface area (Å²) in [6, 6.07) is 5.75. The summed E-state index contributed by atoms with van der Waals surface area (Å²) in [5.74, 6) is 0.442. The smallest absolute Gasteiger partial charge is 0.232 e. The lowest BCUT2D eigenvalue weighted by molar-refractivity contribution is -0.118. The van der Waals surface area contributed by atoms with Crippen LogP contribution in [0.4, 0.5) is 5.69 Å². The molecule has 2 atom stereocenters. The summed E-state index contributed by atoms with van der Waals surface area (Å²) in [6.45, 7) is 0.527. The second-order valence-electron chi connectivity index (χ2n) is 6.50. The molecule has 1 amide bonds. The Labute approximate surface area is 151 Å². The number of rotatable bonds is 3. The second kappa shape index (κ2) is 6.65. The Kier molecular flexibility index (Phi) is 4.36. The number of carbonyl (C=O) groups is 1. The number of ether oxygens (including phenoxy) is 1. The van der Waals surface area contributed by atoms with Crippen LogP contribution < -0.4 is 15.4 Å². The molecule has 0 spiro atoms. The highest BCUT2D eigenvalue weighted by Crippen LogP contribution is 2.38. The molecule has 1 aromatic heterocycles. The molecule has 2 unspecified atom stereocenters. The number of nitrogens with one attached hydrogen (secondary N) is 2. The summed E-state index contributed by atoms with van der Waals surface area (Å²) in [5, 5.41) is 7.00. The van der Waals surface area contributed by atoms with E-state index in [0.717, 1.165) is 29.8 Å². The van der Waals surface area contributed by atoms with Crippen molar-refractivity contribution >= 4 is 23.2 Å². The molecule has 2 aliphatic rings. The number of hydrogen-bond donors (Lipinski definition) is 2. The van der Waals surface area contributed by atoms with Crippen LogP contribution in [0, 0.1) is 0 Å². The molecule has 5 nitrogen and oxygen atoms in total. The average Bonchev–Trinajstić information content (AvgIpc) is 3.05. The van der Waals surface area contributed by atoms with Crippen LogP contribution in [0.15, 0.2) is 30.6 Å². The third-order valence-electron chi connectivity index (χ3n) is 5.08. The highest BCUT2D eigenvalue weighted by molar-refractivity contribution is 6.30. The van der Waals surface area contributed by atoms with Gasteiger partial charge in [0.1, 0.15) is 5.75 Å². The zero-order valence-electron chi connectivity index (χ0n) is 14.0. The number of hydrogen-bond acceptors (Lipinski definition) is 4. The van der Waals surface area contributed by atoms with E-state index in [4.69, 9.17) is 16.3 Å². The van der Waals surface area contributed by atoms with Gasteiger partial charge in [-0.1, -0.05) is 11.6 Å². The monoisotopic (exact) mass is 357 g/mol. The summed E-state index contributed by atoms with van der Waals surface area (Å²) >= 11 is 6.11. The third-order valence-corrected chi connectivity index (χ3v) is 5.32. The van der Waals surface area contributed by atoms with Gasteiger partial charge in [0, 0.05) is 22.8 Å². The predicted molar refractivity (Wildman–Crippen MR) is 97.3 cm³/mol. The number of fused-ring (bicyclic) bond motifs is 2. The lowest BCUT2D eigenvalue weighted by atomic mass is 9.92. The van der Waals surface area contributed by atoms with Gasteiger partial charge in [0.2, 0.25) is 5.91 Å². The minimum Gasteiger partial charge on any atom is -0.493 e. The standard InChI is InChI=1S/C19H20ClN3O2/c1-21-16-4-3-12-15(16)9-22-10-17(12)23-19(24)13-6-7-25-18-5-2-11(20)8-14(13)18/h2,5,8-10,13,16,21H,3-4,6-7H2,1H3,(H,23,24). The van der Waals surface area contributed by atoms with Crippen molar-refractivity contribution in [3.8, 4) is 5.75 Å². The number of aromatic nitrogens is 1. The highest BCUT2D eigenvalue weighted by Gasteiger charge is 2.30. The van der Waals surface area contributed by atoms with Gasteiger partial charge in [-0.25, -0.2) is 0 Å². The number of nitrogens with zero attached hydrogens (tertiary/aromatic N) is 1. The Morgan fingerprint density at radius 3 is 3.00 bits per heavy atom. The largest absolute Gasteiger partial charge is 0.493 e. The van der Waals surface area contributed by atoms with E-state index in [1.807, 2.05) is 25.4 Å². The fourth-order valence-corrected chi connectivity index (χ4v) is 3.97. The van der Waals surface area contributed by atoms with Gasteiger partial charge >= 0.3 is 0 Å². The maximum Gasteiger partial charge on any atom is 0.232 e. The second-order valence-corrected chi connectivity index (χ2v) is 6.93. The molecule has 4 rings (SSSR count). The average molecular weight is 358 g/mol. The van der Waals surface area contributed by atoms with E-state index < -0.39 is 0 Å². The minimum atomic E-state index is -0.264. The van der Waals surface area contributed by atoms with Crippen LogP contribution in [-0.4, -0.2) is 24.5 Å². The van der Waals surface area contributed by atoms with Gasteiger partial charge in [-0.3, -0.25) is 9.78 Å². The van der Waals surface area contributed by atoms with Crippen LogP contribution >= 0.6 is 11.6 Å². The SMILES string of the molecule is CNC1CCc2c(NC(=O)C3CCOc4ccc(Cl)cc43)cncc21. The fourth-order valence-electron chi connectivity index (χ4n) is 3.79. The Balaban J connectivity index is 1.61. The van der Waals surface area contributed by atoms with Crippen molar-refractivity contribution in [1.29, 1.82) is 0 Å². The lowest BCUT2D eigenvalue weighted by Crippen LogP contribution is -2.27. The molecule has 0 bridgehead atoms. The number of anilines is 1. The molecule has 1 aliphatic carbocycles. The van der Waals surface area contributed by atoms with Gasteiger partial charge in [0.15, 0.2) is 0 Å². The Morgan fingerprint density at radius 1 is 1.28 bits per heavy atom. The first-order chi connectivity index (χ1) is 12.2. The molecule has 2 heterocycles. The zero-order chi connectivity index (χ0) is 17.4. The summed E-state index contributed by atoms with van der Waals surface area (Å²) in [7, 11) is 1.95. The molecule has 25 heavy (non-hydrogen) atoms.